The van der Waals surface area contributed by atoms with Gasteiger partial charge in [-0.25, -0.2) is 0 Å². The molecule has 0 bridgehead atoms. The highest BCUT2D eigenvalue weighted by Gasteiger charge is 2.06. The first-order chi connectivity index (χ1) is 3.29. The molecule has 1 aliphatic heterocycles. The minimum absolute atomic E-state index is 0.0324. The molecule has 0 amide bonds. The van der Waals surface area contributed by atoms with Crippen LogP contribution in [0, 0.1) is 0 Å². The summed E-state index contributed by atoms with van der Waals surface area (Å²) in [5, 5.41) is 2.86. The molecule has 0 radical (unpaired) electrons. The van der Waals surface area contributed by atoms with Crippen LogP contribution >= 0.6 is 0 Å². The molecule has 0 saturated heterocycles. The third-order valence-electron chi connectivity index (χ3n) is 0.911. The van der Waals surface area contributed by atoms with E-state index in [4.69, 9.17) is 11.5 Å². The Hall–Kier alpha value is -0.380. The van der Waals surface area contributed by atoms with E-state index in [0.29, 0.717) is 0 Å². The van der Waals surface area contributed by atoms with Gasteiger partial charge < -0.3 is 11.5 Å². The lowest BCUT2D eigenvalue weighted by molar-refractivity contribution is 0.593. The number of hydrogen-bond acceptors (Lipinski definition) is 3. The van der Waals surface area contributed by atoms with E-state index in [1.807, 2.05) is 12.2 Å². The van der Waals surface area contributed by atoms with Crippen molar-refractivity contribution in [2.24, 2.45) is 11.5 Å². The molecule has 5 N–H and O–H groups in total. The van der Waals surface area contributed by atoms with Crippen LogP contribution in [-0.2, 0) is 0 Å². The van der Waals surface area contributed by atoms with Crippen LogP contribution in [0.1, 0.15) is 0 Å². The average Bonchev–Trinajstić information content (AvgIpc) is 1.87. The second-order valence-corrected chi connectivity index (χ2v) is 1.60. The highest BCUT2D eigenvalue weighted by molar-refractivity contribution is 5.03. The average molecular weight is 99.1 g/mol. The normalized spacial score (nSPS) is 39.7. The monoisotopic (exact) mass is 99.1 g/mol. The quantitative estimate of drug-likeness (QED) is 0.331. The fourth-order valence-electron chi connectivity index (χ4n) is 0.573. The Balaban J connectivity index is 2.42. The van der Waals surface area contributed by atoms with E-state index in [1.165, 1.54) is 0 Å². The third kappa shape index (κ3) is 0.991. The zero-order valence-corrected chi connectivity index (χ0v) is 3.96. The molecule has 0 spiro atoms. The number of hydrogen-bond donors (Lipinski definition) is 3. The van der Waals surface area contributed by atoms with Crippen LogP contribution in [-0.4, -0.2) is 12.3 Å². The van der Waals surface area contributed by atoms with Gasteiger partial charge in [0.05, 0.1) is 12.3 Å². The van der Waals surface area contributed by atoms with Gasteiger partial charge in [-0.2, -0.15) is 0 Å². The molecule has 0 aromatic heterocycles. The lowest BCUT2D eigenvalue weighted by atomic mass is 10.5. The molecule has 0 saturated carbocycles. The van der Waals surface area contributed by atoms with Crippen LogP contribution in [0.15, 0.2) is 12.2 Å². The lowest BCUT2D eigenvalue weighted by Crippen LogP contribution is -2.41. The maximum absolute atomic E-state index is 5.35. The van der Waals surface area contributed by atoms with Gasteiger partial charge in [-0.15, -0.1) is 0 Å². The fraction of sp³-hybridized carbons (Fsp3) is 0.500. The predicted molar refractivity (Wildman–Crippen MR) is 28.2 cm³/mol. The summed E-state index contributed by atoms with van der Waals surface area (Å²) in [7, 11) is 0. The molecule has 0 aromatic carbocycles. The van der Waals surface area contributed by atoms with Gasteiger partial charge in [0.15, 0.2) is 0 Å². The Bertz CT molecular complexity index is 78.9. The van der Waals surface area contributed by atoms with E-state index in [1.54, 1.807) is 0 Å². The molecule has 3 nitrogen and oxygen atoms in total. The number of nitrogens with one attached hydrogen (secondary N) is 1. The topological polar surface area (TPSA) is 64.1 Å². The summed E-state index contributed by atoms with van der Waals surface area (Å²) in [6.07, 6.45) is 3.61. The summed E-state index contributed by atoms with van der Waals surface area (Å²) in [6, 6.07) is 0. The van der Waals surface area contributed by atoms with Crippen molar-refractivity contribution in [3.05, 3.63) is 12.2 Å². The van der Waals surface area contributed by atoms with Crippen molar-refractivity contribution >= 4 is 0 Å². The lowest BCUT2D eigenvalue weighted by Gasteiger charge is -2.03. The summed E-state index contributed by atoms with van der Waals surface area (Å²) < 4.78 is 0. The van der Waals surface area contributed by atoms with Crippen molar-refractivity contribution < 1.29 is 0 Å². The number of nitrogens with two attached hydrogens (primary N) is 2. The van der Waals surface area contributed by atoms with Gasteiger partial charge in [0, 0.05) is 0 Å². The molecule has 0 fully saturated rings. The SMILES string of the molecule is NC1C=CC(N)N1. The Morgan fingerprint density at radius 2 is 1.57 bits per heavy atom. The molecule has 2 unspecified atom stereocenters. The molecule has 1 heterocycles. The Labute approximate surface area is 42.4 Å². The Kier molecular flexibility index (Phi) is 1.10. The van der Waals surface area contributed by atoms with Gasteiger partial charge in [-0.3, -0.25) is 5.32 Å². The fourth-order valence-corrected chi connectivity index (χ4v) is 0.573. The van der Waals surface area contributed by atoms with E-state index >= 15 is 0 Å². The van der Waals surface area contributed by atoms with Crippen LogP contribution in [0.25, 0.3) is 0 Å². The van der Waals surface area contributed by atoms with Gasteiger partial charge in [0.25, 0.3) is 0 Å². The molecule has 1 aliphatic rings. The van der Waals surface area contributed by atoms with Gasteiger partial charge in [-0.05, 0) is 0 Å². The summed E-state index contributed by atoms with van der Waals surface area (Å²) in [6.45, 7) is 0. The van der Waals surface area contributed by atoms with Crippen molar-refractivity contribution in [3.8, 4) is 0 Å². The first-order valence-corrected chi connectivity index (χ1v) is 2.24. The zero-order valence-electron chi connectivity index (χ0n) is 3.96. The van der Waals surface area contributed by atoms with E-state index in [2.05, 4.69) is 5.32 Å². The van der Waals surface area contributed by atoms with E-state index < -0.39 is 0 Å². The smallest absolute Gasteiger partial charge is 0.0754 e. The minimum atomic E-state index is -0.0324. The summed E-state index contributed by atoms with van der Waals surface area (Å²) in [4.78, 5) is 0. The van der Waals surface area contributed by atoms with Crippen LogP contribution in [0.3, 0.4) is 0 Å². The maximum Gasteiger partial charge on any atom is 0.0754 e. The molecule has 40 valence electrons. The molecular weight excluding hydrogens is 90.1 g/mol. The molecule has 0 aromatic rings. The van der Waals surface area contributed by atoms with Crippen molar-refractivity contribution in [3.63, 3.8) is 0 Å². The number of rotatable bonds is 0. The standard InChI is InChI=1S/C4H9N3/c5-3-1-2-4(6)7-3/h1-4,7H,5-6H2. The zero-order chi connectivity index (χ0) is 5.28. The van der Waals surface area contributed by atoms with Crippen molar-refractivity contribution in [1.29, 1.82) is 0 Å². The molecule has 7 heavy (non-hydrogen) atoms. The summed E-state index contributed by atoms with van der Waals surface area (Å²) >= 11 is 0. The van der Waals surface area contributed by atoms with E-state index in [-0.39, 0.29) is 12.3 Å². The van der Waals surface area contributed by atoms with Crippen molar-refractivity contribution in [1.82, 2.24) is 5.32 Å². The largest absolute Gasteiger partial charge is 0.313 e. The summed E-state index contributed by atoms with van der Waals surface area (Å²) in [5.41, 5.74) is 10.7. The van der Waals surface area contributed by atoms with Gasteiger partial charge >= 0.3 is 0 Å². The van der Waals surface area contributed by atoms with Gasteiger partial charge in [-0.1, -0.05) is 12.2 Å². The maximum atomic E-state index is 5.35. The molecule has 1 rings (SSSR count). The van der Waals surface area contributed by atoms with Crippen LogP contribution in [0.5, 0.6) is 0 Å². The van der Waals surface area contributed by atoms with Gasteiger partial charge in [0.1, 0.15) is 0 Å². The Morgan fingerprint density at radius 1 is 1.14 bits per heavy atom. The van der Waals surface area contributed by atoms with Crippen LogP contribution in [0.4, 0.5) is 0 Å². The molecule has 3 heteroatoms. The Morgan fingerprint density at radius 3 is 1.71 bits per heavy atom. The van der Waals surface area contributed by atoms with E-state index in [0.717, 1.165) is 0 Å². The minimum Gasteiger partial charge on any atom is -0.313 e. The predicted octanol–water partition coefficient (Wildman–Crippen LogP) is -1.28. The van der Waals surface area contributed by atoms with Crippen molar-refractivity contribution in [2.75, 3.05) is 0 Å². The van der Waals surface area contributed by atoms with Crippen LogP contribution in [0.2, 0.25) is 0 Å². The molecule has 0 aliphatic carbocycles. The molecular formula is C4H9N3. The highest BCUT2D eigenvalue weighted by Crippen LogP contribution is 1.89. The first kappa shape index (κ1) is 4.77. The third-order valence-corrected chi connectivity index (χ3v) is 0.911. The van der Waals surface area contributed by atoms with Crippen LogP contribution < -0.4 is 16.8 Å². The van der Waals surface area contributed by atoms with Crippen molar-refractivity contribution in [2.45, 2.75) is 12.3 Å². The highest BCUT2D eigenvalue weighted by atomic mass is 15.1. The van der Waals surface area contributed by atoms with E-state index in [9.17, 15) is 0 Å². The first-order valence-electron chi connectivity index (χ1n) is 2.24. The second-order valence-electron chi connectivity index (χ2n) is 1.60. The second kappa shape index (κ2) is 1.61. The molecule has 2 atom stereocenters. The summed E-state index contributed by atoms with van der Waals surface area (Å²) in [5.74, 6) is 0. The van der Waals surface area contributed by atoms with Gasteiger partial charge in [0.2, 0.25) is 0 Å².